The van der Waals surface area contributed by atoms with E-state index in [-0.39, 0.29) is 5.56 Å². The molecule has 0 aliphatic carbocycles. The van der Waals surface area contributed by atoms with Gasteiger partial charge in [-0.15, -0.1) is 0 Å². The topological polar surface area (TPSA) is 75.4 Å². The van der Waals surface area contributed by atoms with Crippen LogP contribution in [0.5, 0.6) is 5.75 Å². The van der Waals surface area contributed by atoms with E-state index in [9.17, 15) is 14.3 Å². The highest BCUT2D eigenvalue weighted by atomic mass is 19.1. The average Bonchev–Trinajstić information content (AvgIpc) is 2.68. The van der Waals surface area contributed by atoms with Crippen molar-refractivity contribution in [2.75, 3.05) is 0 Å². The standard InChI is InChI=1S/C14H15FN2O3/c1-7(12-8(2)17-20-9(12)3)16-14(19)13-10(15)5-4-6-11(13)18/h4-7,18H,1-3H3,(H,16,19)/t7-/m1/s1. The first kappa shape index (κ1) is 14.0. The van der Waals surface area contributed by atoms with Crippen LogP contribution in [-0.2, 0) is 0 Å². The molecule has 20 heavy (non-hydrogen) atoms. The molecular weight excluding hydrogens is 263 g/mol. The van der Waals surface area contributed by atoms with Crippen molar-refractivity contribution >= 4 is 5.91 Å². The number of phenols is 1. The second-order valence-electron chi connectivity index (χ2n) is 4.57. The van der Waals surface area contributed by atoms with Crippen LogP contribution in [0.3, 0.4) is 0 Å². The van der Waals surface area contributed by atoms with Gasteiger partial charge in [-0.1, -0.05) is 11.2 Å². The first-order valence-electron chi connectivity index (χ1n) is 6.13. The molecule has 1 heterocycles. The fourth-order valence-electron chi connectivity index (χ4n) is 2.19. The molecule has 0 saturated heterocycles. The summed E-state index contributed by atoms with van der Waals surface area (Å²) >= 11 is 0. The molecule has 0 unspecified atom stereocenters. The molecule has 1 aromatic carbocycles. The normalized spacial score (nSPS) is 12.2. The van der Waals surface area contributed by atoms with Crippen LogP contribution in [0.4, 0.5) is 4.39 Å². The number of phenolic OH excluding ortho intramolecular Hbond substituents is 1. The second-order valence-corrected chi connectivity index (χ2v) is 4.57. The number of carbonyl (C=O) groups is 1. The summed E-state index contributed by atoms with van der Waals surface area (Å²) in [4.78, 5) is 12.1. The molecule has 1 aromatic heterocycles. The molecule has 2 aromatic rings. The number of nitrogens with zero attached hydrogens (tertiary/aromatic N) is 1. The van der Waals surface area contributed by atoms with E-state index in [1.54, 1.807) is 20.8 Å². The summed E-state index contributed by atoms with van der Waals surface area (Å²) in [5.41, 5.74) is 1.04. The average molecular weight is 278 g/mol. The number of halogens is 1. The van der Waals surface area contributed by atoms with Gasteiger partial charge in [0.2, 0.25) is 0 Å². The first-order chi connectivity index (χ1) is 9.41. The fourth-order valence-corrected chi connectivity index (χ4v) is 2.19. The Balaban J connectivity index is 2.24. The summed E-state index contributed by atoms with van der Waals surface area (Å²) in [5, 5.41) is 16.0. The Labute approximate surface area is 115 Å². The zero-order valence-electron chi connectivity index (χ0n) is 11.4. The van der Waals surface area contributed by atoms with E-state index in [0.717, 1.165) is 11.6 Å². The minimum absolute atomic E-state index is 0.369. The lowest BCUT2D eigenvalue weighted by Gasteiger charge is -2.14. The van der Waals surface area contributed by atoms with Gasteiger partial charge in [-0.25, -0.2) is 4.39 Å². The van der Waals surface area contributed by atoms with Gasteiger partial charge < -0.3 is 14.9 Å². The number of hydrogen-bond acceptors (Lipinski definition) is 4. The molecule has 6 heteroatoms. The van der Waals surface area contributed by atoms with Crippen molar-refractivity contribution in [3.05, 3.63) is 46.6 Å². The van der Waals surface area contributed by atoms with Gasteiger partial charge in [-0.3, -0.25) is 4.79 Å². The summed E-state index contributed by atoms with van der Waals surface area (Å²) in [6.07, 6.45) is 0. The van der Waals surface area contributed by atoms with E-state index < -0.39 is 23.5 Å². The van der Waals surface area contributed by atoms with Gasteiger partial charge in [-0.05, 0) is 32.9 Å². The molecule has 0 radical (unpaired) electrons. The summed E-state index contributed by atoms with van der Waals surface area (Å²) in [6.45, 7) is 5.23. The number of hydrogen-bond donors (Lipinski definition) is 2. The maximum Gasteiger partial charge on any atom is 0.258 e. The lowest BCUT2D eigenvalue weighted by atomic mass is 10.1. The summed E-state index contributed by atoms with van der Waals surface area (Å²) in [5.74, 6) is -1.26. The molecule has 2 rings (SSSR count). The molecule has 5 nitrogen and oxygen atoms in total. The molecule has 0 aliphatic rings. The Morgan fingerprint density at radius 3 is 2.70 bits per heavy atom. The molecule has 0 saturated carbocycles. The predicted molar refractivity (Wildman–Crippen MR) is 69.9 cm³/mol. The summed E-state index contributed by atoms with van der Waals surface area (Å²) in [7, 11) is 0. The zero-order valence-corrected chi connectivity index (χ0v) is 11.4. The number of aromatic nitrogens is 1. The van der Waals surface area contributed by atoms with Gasteiger partial charge in [0.15, 0.2) is 0 Å². The van der Waals surface area contributed by atoms with E-state index in [2.05, 4.69) is 10.5 Å². The van der Waals surface area contributed by atoms with Crippen LogP contribution < -0.4 is 5.32 Å². The van der Waals surface area contributed by atoms with Crippen LogP contribution in [0.2, 0.25) is 0 Å². The van der Waals surface area contributed by atoms with Crippen LogP contribution in [-0.4, -0.2) is 16.2 Å². The highest BCUT2D eigenvalue weighted by molar-refractivity contribution is 5.97. The number of aryl methyl sites for hydroxylation is 2. The highest BCUT2D eigenvalue weighted by Gasteiger charge is 2.22. The van der Waals surface area contributed by atoms with Gasteiger partial charge in [0.1, 0.15) is 22.9 Å². The van der Waals surface area contributed by atoms with Crippen molar-refractivity contribution in [2.24, 2.45) is 0 Å². The largest absolute Gasteiger partial charge is 0.507 e. The number of benzene rings is 1. The van der Waals surface area contributed by atoms with Crippen LogP contribution in [0.25, 0.3) is 0 Å². The minimum atomic E-state index is -0.770. The SMILES string of the molecule is Cc1noc(C)c1[C@@H](C)NC(=O)c1c(O)cccc1F. The van der Waals surface area contributed by atoms with E-state index in [1.807, 2.05) is 0 Å². The molecular formula is C14H15FN2O3. The Morgan fingerprint density at radius 1 is 1.45 bits per heavy atom. The van der Waals surface area contributed by atoms with Crippen LogP contribution >= 0.6 is 0 Å². The van der Waals surface area contributed by atoms with Gasteiger partial charge in [0.05, 0.1) is 11.7 Å². The number of nitrogens with one attached hydrogen (secondary N) is 1. The van der Waals surface area contributed by atoms with Gasteiger partial charge in [0, 0.05) is 5.56 Å². The Hall–Kier alpha value is -2.37. The summed E-state index contributed by atoms with van der Waals surface area (Å²) in [6, 6.07) is 3.31. The minimum Gasteiger partial charge on any atom is -0.507 e. The number of carbonyl (C=O) groups excluding carboxylic acids is 1. The third kappa shape index (κ3) is 2.49. The number of amides is 1. The van der Waals surface area contributed by atoms with Gasteiger partial charge in [-0.2, -0.15) is 0 Å². The third-order valence-electron chi connectivity index (χ3n) is 3.09. The van der Waals surface area contributed by atoms with Crippen LogP contribution in [0, 0.1) is 19.7 Å². The van der Waals surface area contributed by atoms with Crippen molar-refractivity contribution in [2.45, 2.75) is 26.8 Å². The molecule has 106 valence electrons. The number of aromatic hydroxyl groups is 1. The Kier molecular flexibility index (Phi) is 3.74. The fraction of sp³-hybridized carbons (Fsp3) is 0.286. The quantitative estimate of drug-likeness (QED) is 0.905. The molecule has 0 spiro atoms. The van der Waals surface area contributed by atoms with Gasteiger partial charge in [0.25, 0.3) is 5.91 Å². The van der Waals surface area contributed by atoms with Crippen LogP contribution in [0.1, 0.15) is 40.3 Å². The summed E-state index contributed by atoms with van der Waals surface area (Å²) < 4.78 is 18.6. The van der Waals surface area contributed by atoms with Crippen molar-refractivity contribution in [1.82, 2.24) is 10.5 Å². The Morgan fingerprint density at radius 2 is 2.15 bits per heavy atom. The maximum atomic E-state index is 13.6. The smallest absolute Gasteiger partial charge is 0.258 e. The first-order valence-corrected chi connectivity index (χ1v) is 6.13. The van der Waals surface area contributed by atoms with E-state index >= 15 is 0 Å². The zero-order chi connectivity index (χ0) is 14.9. The predicted octanol–water partition coefficient (Wildman–Crippen LogP) is 2.63. The van der Waals surface area contributed by atoms with Crippen molar-refractivity contribution < 1.29 is 18.8 Å². The molecule has 0 bridgehead atoms. The number of rotatable bonds is 3. The molecule has 0 fully saturated rings. The van der Waals surface area contributed by atoms with Crippen molar-refractivity contribution in [1.29, 1.82) is 0 Å². The highest BCUT2D eigenvalue weighted by Crippen LogP contribution is 2.24. The molecule has 1 atom stereocenters. The Bertz CT molecular complexity index is 612. The second kappa shape index (κ2) is 5.32. The molecule has 0 aliphatic heterocycles. The van der Waals surface area contributed by atoms with E-state index in [1.165, 1.54) is 12.1 Å². The van der Waals surface area contributed by atoms with E-state index in [4.69, 9.17) is 4.52 Å². The lowest BCUT2D eigenvalue weighted by molar-refractivity contribution is 0.0932. The molecule has 1 amide bonds. The third-order valence-corrected chi connectivity index (χ3v) is 3.09. The lowest BCUT2D eigenvalue weighted by Crippen LogP contribution is -2.28. The van der Waals surface area contributed by atoms with Crippen molar-refractivity contribution in [3.63, 3.8) is 0 Å². The van der Waals surface area contributed by atoms with E-state index in [0.29, 0.717) is 11.5 Å². The molecule has 2 N–H and O–H groups in total. The van der Waals surface area contributed by atoms with Crippen LogP contribution in [0.15, 0.2) is 22.7 Å². The van der Waals surface area contributed by atoms with Gasteiger partial charge >= 0.3 is 0 Å². The maximum absolute atomic E-state index is 13.6. The monoisotopic (exact) mass is 278 g/mol. The van der Waals surface area contributed by atoms with Crippen molar-refractivity contribution in [3.8, 4) is 5.75 Å².